The van der Waals surface area contributed by atoms with Gasteiger partial charge in [0.2, 0.25) is 0 Å². The third kappa shape index (κ3) is 4.86. The van der Waals surface area contributed by atoms with Crippen LogP contribution in [0.25, 0.3) is 93.9 Å². The zero-order valence-electron chi connectivity index (χ0n) is 61.2. The number of hydrogen-bond donors (Lipinski definition) is 0. The summed E-state index contributed by atoms with van der Waals surface area (Å²) in [5.41, 5.74) is -10.1. The summed E-state index contributed by atoms with van der Waals surface area (Å²) in [6, 6.07) is -29.3. The largest absolute Gasteiger partial charge is 0.458 e. The maximum atomic E-state index is 10.2. The molecule has 4 heterocycles. The molecule has 3 nitrogen and oxygen atoms in total. The Bertz CT molecular complexity index is 5330. The maximum Gasteiger partial charge on any atom is 0.289 e. The lowest BCUT2D eigenvalue weighted by Crippen LogP contribution is -2.46. The van der Waals surface area contributed by atoms with E-state index in [1.54, 1.807) is 0 Å². The summed E-state index contributed by atoms with van der Waals surface area (Å²) in [6.45, 7) is 0. The lowest BCUT2D eigenvalue weighted by molar-refractivity contribution is 0.488. The van der Waals surface area contributed by atoms with E-state index in [0.29, 0.717) is 11.6 Å². The van der Waals surface area contributed by atoms with Gasteiger partial charge in [0, 0.05) is 37.6 Å². The Morgan fingerprint density at radius 1 is 0.458 bits per heavy atom. The normalized spacial score (nSPS) is 20.4. The molecule has 2 aliphatic heterocycles. The molecule has 13 rings (SSSR count). The predicted octanol–water partition coefficient (Wildman–Crippen LogP) is 13.7. The van der Waals surface area contributed by atoms with Gasteiger partial charge in [-0.1, -0.05) is 145 Å². The van der Waals surface area contributed by atoms with Gasteiger partial charge in [-0.2, -0.15) is 11.6 Å². The molecule has 0 atom stereocenters. The van der Waals surface area contributed by atoms with Crippen LogP contribution in [0.3, 0.4) is 0 Å². The first-order valence-corrected chi connectivity index (χ1v) is 18.4. The summed E-state index contributed by atoms with van der Waals surface area (Å²) in [7, 11) is 0. The molecular formula is C54H32BNO2S. The number of aromatic nitrogens is 1. The second-order valence-electron chi connectivity index (χ2n) is 13.1. The highest BCUT2D eigenvalue weighted by Gasteiger charge is 2.39. The number of ether oxygens (including phenoxy) is 1. The standard InChI is InChI=1S/C54H32BNO2S/c1-2-16-37(42-21-13-22-43-40-19-6-11-26-49(40)58-54(42)43)35(14-1)34-30-44-41-20-7-12-27-52(41)59-55-45-29-28-33(31-50(45)57-51(32-34)53(44)55)36-15-3-8-23-46(36)56-47-24-9-4-17-38(47)39-18-5-10-25-48(39)56/h1-32H/i1D,2D,3D,4D,5D,6D,7D,8D,9D,10D,11D,12D,13D,14D,15D,16D,17D,18D,19D,20D,21D,22D,23D,24D,25D,26D,27D,28D,29D,30D,31D,32D. The molecule has 0 spiro atoms. The van der Waals surface area contributed by atoms with Gasteiger partial charge >= 0.3 is 0 Å². The molecule has 0 saturated carbocycles. The molecule has 2 aliphatic rings. The SMILES string of the molecule is [2H]c1c([2H])c([2H])c2c(c1[2H])SB1c3c([2H])c([2H])c(-c4c([2H])c([2H])c([2H])c([2H])c4-n4c5c([2H])c([2H])c([2H])c([2H])c5c5c([2H])c([2H])c([2H])c([2H])c54)c([2H])c3Oc3c([2H])c(-c4c([2H])c([2H])c([2H])c([2H])c4-c4c([2H])c([2H])c([2H])c5c4oc4c([2H])c([2H])c([2H])c([2H])c45)c([2H])c-2c31. The minimum Gasteiger partial charge on any atom is -0.458 e. The van der Waals surface area contributed by atoms with E-state index >= 15 is 0 Å². The van der Waals surface area contributed by atoms with Crippen molar-refractivity contribution >= 4 is 72.3 Å². The van der Waals surface area contributed by atoms with Gasteiger partial charge in [0.1, 0.15) is 22.7 Å². The third-order valence-electron chi connectivity index (χ3n) is 9.97. The molecule has 0 aliphatic carbocycles. The van der Waals surface area contributed by atoms with Gasteiger partial charge in [-0.3, -0.25) is 0 Å². The van der Waals surface area contributed by atoms with Gasteiger partial charge in [-0.15, -0.1) is 0 Å². The number of para-hydroxylation sites is 5. The quantitative estimate of drug-likeness (QED) is 0.166. The molecule has 2 aromatic heterocycles. The van der Waals surface area contributed by atoms with E-state index in [4.69, 9.17) is 33.8 Å². The van der Waals surface area contributed by atoms with Gasteiger partial charge < -0.3 is 13.7 Å². The van der Waals surface area contributed by atoms with Crippen molar-refractivity contribution in [1.82, 2.24) is 4.57 Å². The van der Waals surface area contributed by atoms with E-state index in [9.17, 15) is 19.2 Å². The summed E-state index contributed by atoms with van der Waals surface area (Å²) in [5, 5.41) is -2.01. The van der Waals surface area contributed by atoms with Crippen molar-refractivity contribution < 1.29 is 53.0 Å². The van der Waals surface area contributed by atoms with Gasteiger partial charge in [0.15, 0.2) is 0 Å². The summed E-state index contributed by atoms with van der Waals surface area (Å²) in [6.07, 6.45) is 0. The van der Waals surface area contributed by atoms with E-state index in [1.165, 1.54) is 0 Å². The fourth-order valence-corrected chi connectivity index (χ4v) is 8.74. The molecule has 5 heteroatoms. The Morgan fingerprint density at radius 3 is 1.92 bits per heavy atom. The van der Waals surface area contributed by atoms with Gasteiger partial charge in [0.25, 0.3) is 5.99 Å². The van der Waals surface area contributed by atoms with Crippen LogP contribution in [-0.4, -0.2) is 10.6 Å². The van der Waals surface area contributed by atoms with Gasteiger partial charge in [0.05, 0.1) is 60.6 Å². The molecule has 0 unspecified atom stereocenters. The Balaban J connectivity index is 1.18. The molecule has 0 fully saturated rings. The van der Waals surface area contributed by atoms with Crippen LogP contribution in [0.15, 0.2) is 203 Å². The molecule has 0 N–H and O–H groups in total. The Labute approximate surface area is 390 Å². The Morgan fingerprint density at radius 2 is 1.08 bits per heavy atom. The van der Waals surface area contributed by atoms with E-state index in [-0.39, 0.29) is 10.4 Å². The van der Waals surface area contributed by atoms with Crippen LogP contribution in [0.4, 0.5) is 0 Å². The molecule has 0 saturated heterocycles. The van der Waals surface area contributed by atoms with Gasteiger partial charge in [-0.05, 0) is 92.6 Å². The molecule has 274 valence electrons. The summed E-state index contributed by atoms with van der Waals surface area (Å²) < 4.78 is 306. The number of benzene rings is 9. The minimum absolute atomic E-state index is 0.316. The van der Waals surface area contributed by atoms with Crippen molar-refractivity contribution in [2.24, 2.45) is 0 Å². The number of fused-ring (bicyclic) bond motifs is 10. The van der Waals surface area contributed by atoms with Crippen molar-refractivity contribution in [2.75, 3.05) is 0 Å². The number of rotatable bonds is 4. The lowest BCUT2D eigenvalue weighted by Gasteiger charge is -2.33. The van der Waals surface area contributed by atoms with Crippen LogP contribution < -0.4 is 15.7 Å². The maximum absolute atomic E-state index is 10.2. The zero-order valence-corrected chi connectivity index (χ0v) is 30.1. The molecule has 9 aromatic carbocycles. The Hall–Kier alpha value is -7.21. The smallest absolute Gasteiger partial charge is 0.289 e. The van der Waals surface area contributed by atoms with Crippen LogP contribution >= 0.6 is 11.6 Å². The molecular weight excluding hydrogens is 737 g/mol. The molecule has 11 aromatic rings. The fourth-order valence-electron chi connectivity index (χ4n) is 7.50. The topological polar surface area (TPSA) is 27.3 Å². The van der Waals surface area contributed by atoms with E-state index in [2.05, 4.69) is 0 Å². The molecule has 0 amide bonds. The predicted molar refractivity (Wildman–Crippen MR) is 247 cm³/mol. The van der Waals surface area contributed by atoms with E-state index in [1.807, 2.05) is 0 Å². The molecule has 0 bridgehead atoms. The zero-order chi connectivity index (χ0) is 66.5. The third-order valence-corrected chi connectivity index (χ3v) is 11.2. The van der Waals surface area contributed by atoms with Crippen molar-refractivity contribution in [3.8, 4) is 61.7 Å². The first kappa shape index (κ1) is 14.6. The second kappa shape index (κ2) is 12.6. The van der Waals surface area contributed by atoms with Crippen molar-refractivity contribution in [2.45, 2.75) is 4.90 Å². The van der Waals surface area contributed by atoms with E-state index < -0.39 is 310 Å². The minimum atomic E-state index is -1.64. The summed E-state index contributed by atoms with van der Waals surface area (Å²) in [4.78, 5) is -0.335. The van der Waals surface area contributed by atoms with Crippen LogP contribution in [-0.2, 0) is 0 Å². The average molecular weight is 802 g/mol. The number of furan rings is 1. The summed E-state index contributed by atoms with van der Waals surface area (Å²) >= 11 is 0.603. The van der Waals surface area contributed by atoms with Crippen LogP contribution in [0.2, 0.25) is 0 Å². The highest BCUT2D eigenvalue weighted by atomic mass is 32.2. The highest BCUT2D eigenvalue weighted by Crippen LogP contribution is 2.47. The van der Waals surface area contributed by atoms with Crippen LogP contribution in [0.5, 0.6) is 11.5 Å². The van der Waals surface area contributed by atoms with Crippen molar-refractivity contribution in [3.05, 3.63) is 193 Å². The second-order valence-corrected chi connectivity index (χ2v) is 14.2. The highest BCUT2D eigenvalue weighted by molar-refractivity contribution is 8.28. The summed E-state index contributed by atoms with van der Waals surface area (Å²) in [5.74, 6) is -3.17. The van der Waals surface area contributed by atoms with Crippen molar-refractivity contribution in [1.29, 1.82) is 0 Å². The average Bonchev–Trinajstić information content (AvgIpc) is 1.10. The molecule has 59 heavy (non-hydrogen) atoms. The Kier molecular flexibility index (Phi) is 3.12. The lowest BCUT2D eigenvalue weighted by atomic mass is 9.57. The van der Waals surface area contributed by atoms with Gasteiger partial charge in [-0.25, -0.2) is 0 Å². The number of nitrogens with zero attached hydrogens (tertiary/aromatic N) is 1. The van der Waals surface area contributed by atoms with Crippen LogP contribution in [0.1, 0.15) is 43.9 Å². The number of hydrogen-bond acceptors (Lipinski definition) is 3. The van der Waals surface area contributed by atoms with Crippen molar-refractivity contribution in [3.63, 3.8) is 0 Å². The first-order valence-electron chi connectivity index (χ1n) is 33.5. The monoisotopic (exact) mass is 801 g/mol. The van der Waals surface area contributed by atoms with E-state index in [0.717, 1.165) is 4.57 Å². The van der Waals surface area contributed by atoms with Crippen LogP contribution in [0, 0.1) is 0 Å². The first-order chi connectivity index (χ1) is 42.6. The fraction of sp³-hybridized carbons (Fsp3) is 0. The molecule has 0 radical (unpaired) electrons.